The normalized spacial score (nSPS) is 14.1. The fourth-order valence-electron chi connectivity index (χ4n) is 3.63. The molecule has 2 amide bonds. The number of esters is 1. The number of hydrogen-bond acceptors (Lipinski definition) is 8. The quantitative estimate of drug-likeness (QED) is 0.310. The monoisotopic (exact) mass is 510 g/mol. The highest BCUT2D eigenvalue weighted by molar-refractivity contribution is 5.85. The maximum absolute atomic E-state index is 12.9. The minimum atomic E-state index is -1.15. The molecule has 0 aliphatic heterocycles. The van der Waals surface area contributed by atoms with Crippen molar-refractivity contribution in [3.05, 3.63) is 65.6 Å². The molecular weight excluding hydrogens is 476 g/mol. The first-order valence-electron chi connectivity index (χ1n) is 12.0. The number of pyridine rings is 1. The molecule has 3 aromatic rings. The van der Waals surface area contributed by atoms with E-state index in [0.29, 0.717) is 23.8 Å². The lowest BCUT2D eigenvalue weighted by molar-refractivity contribution is -0.150. The number of benzene rings is 1. The number of rotatable bonds is 12. The molecule has 0 aliphatic carbocycles. The van der Waals surface area contributed by atoms with Gasteiger partial charge in [0.05, 0.1) is 29.9 Å². The Labute approximate surface area is 215 Å². The van der Waals surface area contributed by atoms with Gasteiger partial charge in [0.25, 0.3) is 0 Å². The van der Waals surface area contributed by atoms with E-state index >= 15 is 0 Å². The predicted molar refractivity (Wildman–Crippen MR) is 136 cm³/mol. The zero-order chi connectivity index (χ0) is 27.2. The Bertz CT molecular complexity index is 1240. The van der Waals surface area contributed by atoms with Crippen molar-refractivity contribution < 1.29 is 23.9 Å². The lowest BCUT2D eigenvalue weighted by Crippen LogP contribution is -2.52. The van der Waals surface area contributed by atoms with E-state index in [1.807, 2.05) is 37.3 Å². The van der Waals surface area contributed by atoms with Crippen LogP contribution in [0.25, 0.3) is 5.65 Å². The van der Waals surface area contributed by atoms with E-state index in [1.165, 1.54) is 0 Å². The number of carbonyl (C=O) groups excluding carboxylic acids is 3. The number of amides is 2. The molecule has 11 heteroatoms. The van der Waals surface area contributed by atoms with Crippen molar-refractivity contribution in [2.75, 3.05) is 0 Å². The fourth-order valence-corrected chi connectivity index (χ4v) is 3.63. The lowest BCUT2D eigenvalue weighted by atomic mass is 10.0. The summed E-state index contributed by atoms with van der Waals surface area (Å²) in [6.45, 7) is 6.83. The molecule has 1 aromatic carbocycles. The van der Waals surface area contributed by atoms with Gasteiger partial charge in [-0.15, -0.1) is 10.2 Å². The number of ether oxygens (including phenoxy) is 2. The zero-order valence-corrected chi connectivity index (χ0v) is 21.5. The Morgan fingerprint density at radius 2 is 1.73 bits per heavy atom. The average Bonchev–Trinajstić information content (AvgIpc) is 3.28. The Kier molecular flexibility index (Phi) is 8.95. The third kappa shape index (κ3) is 7.34. The summed E-state index contributed by atoms with van der Waals surface area (Å²) in [4.78, 5) is 36.4. The largest absolute Gasteiger partial charge is 0.459 e. The maximum atomic E-state index is 12.9. The van der Waals surface area contributed by atoms with Crippen molar-refractivity contribution in [2.24, 2.45) is 17.4 Å². The number of hydrogen-bond donors (Lipinski definition) is 3. The second kappa shape index (κ2) is 11.9. The summed E-state index contributed by atoms with van der Waals surface area (Å²) < 4.78 is 13.3. The van der Waals surface area contributed by atoms with E-state index in [2.05, 4.69) is 15.5 Å². The van der Waals surface area contributed by atoms with E-state index < -0.39 is 41.4 Å². The number of nitrogens with zero attached hydrogens (tertiary/aromatic N) is 3. The number of fused-ring (bicyclic) bond motifs is 1. The van der Waals surface area contributed by atoms with Gasteiger partial charge in [-0.05, 0) is 38.5 Å². The third-order valence-electron chi connectivity index (χ3n) is 5.78. The van der Waals surface area contributed by atoms with Gasteiger partial charge < -0.3 is 26.3 Å². The number of primary amides is 1. The van der Waals surface area contributed by atoms with E-state index in [0.717, 1.165) is 5.56 Å². The molecule has 3 rings (SSSR count). The van der Waals surface area contributed by atoms with Gasteiger partial charge >= 0.3 is 5.97 Å². The molecule has 0 spiro atoms. The summed E-state index contributed by atoms with van der Waals surface area (Å²) in [5.74, 6) is -1.82. The summed E-state index contributed by atoms with van der Waals surface area (Å²) in [5.41, 5.74) is 12.1. The first kappa shape index (κ1) is 27.8. The average molecular weight is 511 g/mol. The molecule has 2 heterocycles. The number of nitrogens with two attached hydrogens (primary N) is 2. The van der Waals surface area contributed by atoms with Gasteiger partial charge in [-0.3, -0.25) is 18.8 Å². The van der Waals surface area contributed by atoms with Gasteiger partial charge in [0.2, 0.25) is 11.8 Å². The predicted octanol–water partition coefficient (Wildman–Crippen LogP) is 1.78. The van der Waals surface area contributed by atoms with Crippen LogP contribution < -0.4 is 16.8 Å². The van der Waals surface area contributed by atoms with Crippen LogP contribution in [0.5, 0.6) is 0 Å². The minimum Gasteiger partial charge on any atom is -0.459 e. The first-order valence-corrected chi connectivity index (χ1v) is 12.0. The van der Waals surface area contributed by atoms with Crippen molar-refractivity contribution in [2.45, 2.75) is 65.0 Å². The van der Waals surface area contributed by atoms with Crippen molar-refractivity contribution in [3.63, 3.8) is 0 Å². The minimum absolute atomic E-state index is 0.105. The van der Waals surface area contributed by atoms with Crippen LogP contribution in [0, 0.1) is 5.92 Å². The summed E-state index contributed by atoms with van der Waals surface area (Å²) in [5, 5.41) is 11.5. The van der Waals surface area contributed by atoms with Crippen molar-refractivity contribution in [1.82, 2.24) is 19.9 Å². The highest BCUT2D eigenvalue weighted by Gasteiger charge is 2.32. The van der Waals surface area contributed by atoms with Crippen LogP contribution in [0.3, 0.4) is 0 Å². The lowest BCUT2D eigenvalue weighted by Gasteiger charge is -2.28. The molecule has 2 aromatic heterocycles. The van der Waals surface area contributed by atoms with E-state index in [4.69, 9.17) is 20.9 Å². The Morgan fingerprint density at radius 1 is 1.03 bits per heavy atom. The molecule has 0 saturated carbocycles. The van der Waals surface area contributed by atoms with Gasteiger partial charge in [0.15, 0.2) is 11.5 Å². The Hall–Kier alpha value is -3.83. The van der Waals surface area contributed by atoms with Crippen molar-refractivity contribution >= 4 is 23.4 Å². The smallest absolute Gasteiger partial charge is 0.309 e. The highest BCUT2D eigenvalue weighted by atomic mass is 16.5. The molecule has 198 valence electrons. The topological polar surface area (TPSA) is 164 Å². The molecule has 3 atom stereocenters. The number of nitrogens with one attached hydrogen (secondary N) is 1. The van der Waals surface area contributed by atoms with E-state index in [9.17, 15) is 14.4 Å². The van der Waals surface area contributed by atoms with E-state index in [-0.39, 0.29) is 13.0 Å². The molecule has 37 heavy (non-hydrogen) atoms. The van der Waals surface area contributed by atoms with Crippen LogP contribution in [0.15, 0.2) is 48.5 Å². The second-order valence-corrected chi connectivity index (χ2v) is 9.62. The summed E-state index contributed by atoms with van der Waals surface area (Å²) in [6, 6.07) is 14.2. The van der Waals surface area contributed by atoms with Crippen LogP contribution >= 0.6 is 0 Å². The molecule has 0 fully saturated rings. The Balaban J connectivity index is 1.91. The molecular formula is C26H34N6O5. The molecule has 0 aliphatic rings. The van der Waals surface area contributed by atoms with Crippen molar-refractivity contribution in [1.29, 1.82) is 0 Å². The van der Waals surface area contributed by atoms with Gasteiger partial charge in [0.1, 0.15) is 12.6 Å². The molecule has 0 radical (unpaired) electrons. The molecule has 0 bridgehead atoms. The van der Waals surface area contributed by atoms with Crippen LogP contribution in [-0.4, -0.2) is 44.0 Å². The van der Waals surface area contributed by atoms with Crippen LogP contribution in [0.1, 0.15) is 57.2 Å². The van der Waals surface area contributed by atoms with Crippen LogP contribution in [0.2, 0.25) is 0 Å². The standard InChI is InChI=1S/C26H34N6O5/c1-16(13-20(27)33)24(34)37-15-19-11-8-12-21-30-31-23(32(19)21)22(29-25(35)26(3,4)28)17(2)36-14-18-9-6-5-7-10-18/h5-12,16-17,22H,13-15,28H2,1-4H3,(H2,27,33)(H,29,35)/t16?,17-,22-/m1/s1. The molecule has 11 nitrogen and oxygen atoms in total. The first-order chi connectivity index (χ1) is 17.5. The van der Waals surface area contributed by atoms with Crippen LogP contribution in [-0.2, 0) is 37.1 Å². The molecule has 5 N–H and O–H groups in total. The molecule has 1 unspecified atom stereocenters. The molecule has 0 saturated heterocycles. The summed E-state index contributed by atoms with van der Waals surface area (Å²) in [7, 11) is 0. The van der Waals surface area contributed by atoms with Gasteiger partial charge in [0, 0.05) is 6.42 Å². The Morgan fingerprint density at radius 3 is 2.38 bits per heavy atom. The van der Waals surface area contributed by atoms with E-state index in [1.54, 1.807) is 43.4 Å². The van der Waals surface area contributed by atoms with Crippen molar-refractivity contribution in [3.8, 4) is 0 Å². The van der Waals surface area contributed by atoms with Crippen LogP contribution in [0.4, 0.5) is 0 Å². The summed E-state index contributed by atoms with van der Waals surface area (Å²) >= 11 is 0. The SMILES string of the molecule is CC(CC(N)=O)C(=O)OCc1cccc2nnc([C@H](NC(=O)C(C)(C)N)[C@@H](C)OCc3ccccc3)n12. The van der Waals surface area contributed by atoms with Gasteiger partial charge in [-0.25, -0.2) is 0 Å². The van der Waals surface area contributed by atoms with Gasteiger partial charge in [-0.1, -0.05) is 43.3 Å². The fraction of sp³-hybridized carbons (Fsp3) is 0.423. The third-order valence-corrected chi connectivity index (χ3v) is 5.78. The maximum Gasteiger partial charge on any atom is 0.309 e. The van der Waals surface area contributed by atoms with Gasteiger partial charge in [-0.2, -0.15) is 0 Å². The zero-order valence-electron chi connectivity index (χ0n) is 21.5. The highest BCUT2D eigenvalue weighted by Crippen LogP contribution is 2.23. The number of carbonyl (C=O) groups is 3. The number of aromatic nitrogens is 3. The summed E-state index contributed by atoms with van der Waals surface area (Å²) in [6.07, 6.45) is -0.634. The second-order valence-electron chi connectivity index (χ2n) is 9.62.